The third-order valence-corrected chi connectivity index (χ3v) is 5.99. The molecule has 0 unspecified atom stereocenters. The average molecular weight is 452 g/mol. The third-order valence-electron chi connectivity index (χ3n) is 5.02. The van der Waals surface area contributed by atoms with Crippen LogP contribution in [0.2, 0.25) is 0 Å². The third kappa shape index (κ3) is 5.97. The SMILES string of the molecule is CCn1c(CNC(=O)c2ccc(C)cc2)nnc1SCC(=O)Nc1ccccc1C(C)C. The van der Waals surface area contributed by atoms with E-state index in [2.05, 4.69) is 34.7 Å². The number of para-hydroxylation sites is 1. The molecule has 1 heterocycles. The number of thioether (sulfide) groups is 1. The summed E-state index contributed by atoms with van der Waals surface area (Å²) in [5.41, 5.74) is 3.65. The highest BCUT2D eigenvalue weighted by molar-refractivity contribution is 7.99. The van der Waals surface area contributed by atoms with Crippen LogP contribution in [-0.2, 0) is 17.9 Å². The van der Waals surface area contributed by atoms with E-state index in [-0.39, 0.29) is 24.1 Å². The number of aromatic nitrogens is 3. The zero-order chi connectivity index (χ0) is 23.1. The molecule has 7 nitrogen and oxygen atoms in total. The Labute approximate surface area is 193 Å². The fourth-order valence-electron chi connectivity index (χ4n) is 3.27. The molecule has 0 fully saturated rings. The normalized spacial score (nSPS) is 10.9. The molecule has 8 heteroatoms. The molecule has 0 aliphatic heterocycles. The molecular formula is C24H29N5O2S. The molecule has 32 heavy (non-hydrogen) atoms. The van der Waals surface area contributed by atoms with Crippen LogP contribution >= 0.6 is 11.8 Å². The molecule has 0 bridgehead atoms. The molecule has 0 aliphatic rings. The summed E-state index contributed by atoms with van der Waals surface area (Å²) in [6.07, 6.45) is 0. The maximum Gasteiger partial charge on any atom is 0.251 e. The monoisotopic (exact) mass is 451 g/mol. The summed E-state index contributed by atoms with van der Waals surface area (Å²) in [5, 5.41) is 15.0. The summed E-state index contributed by atoms with van der Waals surface area (Å²) >= 11 is 1.33. The van der Waals surface area contributed by atoms with Gasteiger partial charge in [0.2, 0.25) is 5.91 Å². The molecule has 0 aliphatic carbocycles. The van der Waals surface area contributed by atoms with Crippen molar-refractivity contribution in [1.82, 2.24) is 20.1 Å². The van der Waals surface area contributed by atoms with Gasteiger partial charge in [-0.2, -0.15) is 0 Å². The zero-order valence-corrected chi connectivity index (χ0v) is 19.7. The Balaban J connectivity index is 1.58. The minimum absolute atomic E-state index is 0.0945. The van der Waals surface area contributed by atoms with Gasteiger partial charge in [0.1, 0.15) is 0 Å². The largest absolute Gasteiger partial charge is 0.345 e. The summed E-state index contributed by atoms with van der Waals surface area (Å²) < 4.78 is 1.91. The van der Waals surface area contributed by atoms with Crippen LogP contribution in [0, 0.1) is 6.92 Å². The highest BCUT2D eigenvalue weighted by Crippen LogP contribution is 2.24. The first-order valence-corrected chi connectivity index (χ1v) is 11.7. The van der Waals surface area contributed by atoms with Crippen LogP contribution < -0.4 is 10.6 Å². The molecule has 0 atom stereocenters. The molecule has 3 aromatic rings. The first-order valence-electron chi connectivity index (χ1n) is 10.7. The summed E-state index contributed by atoms with van der Waals surface area (Å²) in [6.45, 7) is 9.07. The second kappa shape index (κ2) is 10.9. The highest BCUT2D eigenvalue weighted by atomic mass is 32.2. The molecule has 3 rings (SSSR count). The van der Waals surface area contributed by atoms with Crippen molar-refractivity contribution in [2.24, 2.45) is 0 Å². The van der Waals surface area contributed by atoms with E-state index in [9.17, 15) is 9.59 Å². The molecular weight excluding hydrogens is 422 g/mol. The van der Waals surface area contributed by atoms with E-state index in [1.54, 1.807) is 12.1 Å². The van der Waals surface area contributed by atoms with Crippen molar-refractivity contribution in [2.45, 2.75) is 51.9 Å². The van der Waals surface area contributed by atoms with Gasteiger partial charge in [-0.05, 0) is 43.5 Å². The van der Waals surface area contributed by atoms with E-state index < -0.39 is 0 Å². The number of amides is 2. The Bertz CT molecular complexity index is 1080. The standard InChI is InChI=1S/C24H29N5O2S/c1-5-29-21(14-25-23(31)18-12-10-17(4)11-13-18)27-28-24(29)32-15-22(30)26-20-9-7-6-8-19(20)16(2)3/h6-13,16H,5,14-15H2,1-4H3,(H,25,31)(H,26,30). The number of nitrogens with zero attached hydrogens (tertiary/aromatic N) is 3. The van der Waals surface area contributed by atoms with Crippen LogP contribution in [0.1, 0.15) is 54.0 Å². The number of hydrogen-bond acceptors (Lipinski definition) is 5. The second-order valence-electron chi connectivity index (χ2n) is 7.77. The number of nitrogens with one attached hydrogen (secondary N) is 2. The Kier molecular flexibility index (Phi) is 8.05. The molecule has 1 aromatic heterocycles. The van der Waals surface area contributed by atoms with E-state index in [1.807, 2.05) is 54.8 Å². The predicted octanol–water partition coefficient (Wildman–Crippen LogP) is 4.39. The van der Waals surface area contributed by atoms with Gasteiger partial charge in [0.25, 0.3) is 5.91 Å². The Hall–Kier alpha value is -3.13. The molecule has 2 aromatic carbocycles. The topological polar surface area (TPSA) is 88.9 Å². The smallest absolute Gasteiger partial charge is 0.251 e. The quantitative estimate of drug-likeness (QED) is 0.471. The maximum absolute atomic E-state index is 12.5. The van der Waals surface area contributed by atoms with Crippen LogP contribution in [0.5, 0.6) is 0 Å². The molecule has 0 spiro atoms. The van der Waals surface area contributed by atoms with Gasteiger partial charge in [-0.3, -0.25) is 9.59 Å². The minimum Gasteiger partial charge on any atom is -0.345 e. The summed E-state index contributed by atoms with van der Waals surface area (Å²) in [6, 6.07) is 15.2. The number of carbonyl (C=O) groups excluding carboxylic acids is 2. The van der Waals surface area contributed by atoms with Gasteiger partial charge in [0.05, 0.1) is 12.3 Å². The maximum atomic E-state index is 12.5. The summed E-state index contributed by atoms with van der Waals surface area (Å²) in [5.74, 6) is 0.942. The van der Waals surface area contributed by atoms with Crippen LogP contribution in [0.4, 0.5) is 5.69 Å². The van der Waals surface area contributed by atoms with Crippen molar-refractivity contribution < 1.29 is 9.59 Å². The lowest BCUT2D eigenvalue weighted by molar-refractivity contribution is -0.113. The minimum atomic E-state index is -0.159. The Morgan fingerprint density at radius 2 is 1.78 bits per heavy atom. The first-order chi connectivity index (χ1) is 15.4. The highest BCUT2D eigenvalue weighted by Gasteiger charge is 2.15. The Morgan fingerprint density at radius 3 is 2.47 bits per heavy atom. The number of carbonyl (C=O) groups is 2. The van der Waals surface area contributed by atoms with Crippen LogP contribution in [-0.4, -0.2) is 32.3 Å². The van der Waals surface area contributed by atoms with Crippen molar-refractivity contribution in [1.29, 1.82) is 0 Å². The molecule has 168 valence electrons. The lowest BCUT2D eigenvalue weighted by atomic mass is 10.0. The van der Waals surface area contributed by atoms with Crippen molar-refractivity contribution in [2.75, 3.05) is 11.1 Å². The van der Waals surface area contributed by atoms with Crippen molar-refractivity contribution in [3.05, 3.63) is 71.0 Å². The number of anilines is 1. The zero-order valence-electron chi connectivity index (χ0n) is 18.9. The molecule has 2 amide bonds. The number of aryl methyl sites for hydroxylation is 1. The van der Waals surface area contributed by atoms with Crippen molar-refractivity contribution in [3.8, 4) is 0 Å². The van der Waals surface area contributed by atoms with E-state index in [1.165, 1.54) is 11.8 Å². The van der Waals surface area contributed by atoms with Gasteiger partial charge in [-0.15, -0.1) is 10.2 Å². The molecule has 0 saturated heterocycles. The molecule has 0 saturated carbocycles. The lowest BCUT2D eigenvalue weighted by Gasteiger charge is -2.13. The average Bonchev–Trinajstić information content (AvgIpc) is 3.18. The molecule has 0 radical (unpaired) electrons. The number of rotatable bonds is 9. The lowest BCUT2D eigenvalue weighted by Crippen LogP contribution is -2.24. The van der Waals surface area contributed by atoms with E-state index in [4.69, 9.17) is 0 Å². The fraction of sp³-hybridized carbons (Fsp3) is 0.333. The first kappa shape index (κ1) is 23.5. The van der Waals surface area contributed by atoms with Gasteiger partial charge in [0, 0.05) is 17.8 Å². The fourth-order valence-corrected chi connectivity index (χ4v) is 4.09. The van der Waals surface area contributed by atoms with Gasteiger partial charge in [-0.1, -0.05) is 61.5 Å². The van der Waals surface area contributed by atoms with Crippen molar-refractivity contribution in [3.63, 3.8) is 0 Å². The van der Waals surface area contributed by atoms with E-state index >= 15 is 0 Å². The van der Waals surface area contributed by atoms with E-state index in [0.717, 1.165) is 16.8 Å². The molecule has 2 N–H and O–H groups in total. The van der Waals surface area contributed by atoms with Crippen LogP contribution in [0.3, 0.4) is 0 Å². The summed E-state index contributed by atoms with van der Waals surface area (Å²) in [4.78, 5) is 24.9. The van der Waals surface area contributed by atoms with Crippen molar-refractivity contribution >= 4 is 29.3 Å². The second-order valence-corrected chi connectivity index (χ2v) is 8.71. The number of hydrogen-bond donors (Lipinski definition) is 2. The Morgan fingerprint density at radius 1 is 1.06 bits per heavy atom. The van der Waals surface area contributed by atoms with E-state index in [0.29, 0.717) is 29.0 Å². The number of benzene rings is 2. The predicted molar refractivity (Wildman–Crippen MR) is 128 cm³/mol. The van der Waals surface area contributed by atoms with Gasteiger partial charge in [0.15, 0.2) is 11.0 Å². The van der Waals surface area contributed by atoms with Crippen LogP contribution in [0.15, 0.2) is 53.7 Å². The van der Waals surface area contributed by atoms with Gasteiger partial charge < -0.3 is 15.2 Å². The van der Waals surface area contributed by atoms with Gasteiger partial charge in [-0.25, -0.2) is 0 Å². The van der Waals surface area contributed by atoms with Crippen LogP contribution in [0.25, 0.3) is 0 Å². The van der Waals surface area contributed by atoms with Gasteiger partial charge >= 0.3 is 0 Å². The summed E-state index contributed by atoms with van der Waals surface area (Å²) in [7, 11) is 0.